The molecule has 0 amide bonds. The third kappa shape index (κ3) is 2.44. The summed E-state index contributed by atoms with van der Waals surface area (Å²) in [5.41, 5.74) is 2.41. The van der Waals surface area contributed by atoms with E-state index in [0.717, 1.165) is 29.1 Å². The molecule has 4 heteroatoms. The van der Waals surface area contributed by atoms with Gasteiger partial charge in [0.1, 0.15) is 0 Å². The van der Waals surface area contributed by atoms with E-state index in [1.165, 1.54) is 43.4 Å². The van der Waals surface area contributed by atoms with E-state index >= 15 is 0 Å². The van der Waals surface area contributed by atoms with Gasteiger partial charge in [-0.1, -0.05) is 18.6 Å². The summed E-state index contributed by atoms with van der Waals surface area (Å²) in [5, 5.41) is 1.26. The predicted molar refractivity (Wildman–Crippen MR) is 90.9 cm³/mol. The van der Waals surface area contributed by atoms with Crippen LogP contribution in [0.4, 0.5) is 5.69 Å². The third-order valence-electron chi connectivity index (χ3n) is 4.88. The molecule has 2 aromatic rings. The fourth-order valence-electron chi connectivity index (χ4n) is 3.78. The van der Waals surface area contributed by atoms with Crippen LogP contribution in [0, 0.1) is 0 Å². The standard InChI is InChI=1S/C17H20BrN3/c18-15-6-3-5-14-16(7-8-19-17(14)15)21-11-10-20-9-2-1-4-13(20)12-21/h3,5-8,13H,1-2,4,9-12H2. The number of nitrogens with zero attached hydrogens (tertiary/aromatic N) is 3. The van der Waals surface area contributed by atoms with Crippen LogP contribution in [0.2, 0.25) is 0 Å². The third-order valence-corrected chi connectivity index (χ3v) is 5.52. The molecular weight excluding hydrogens is 326 g/mol. The van der Waals surface area contributed by atoms with Crippen LogP contribution >= 0.6 is 15.9 Å². The summed E-state index contributed by atoms with van der Waals surface area (Å²) in [6, 6.07) is 9.28. The van der Waals surface area contributed by atoms with Gasteiger partial charge in [0.15, 0.2) is 0 Å². The Kier molecular flexibility index (Phi) is 3.59. The maximum atomic E-state index is 4.53. The number of benzene rings is 1. The van der Waals surface area contributed by atoms with Crippen molar-refractivity contribution in [2.75, 3.05) is 31.1 Å². The quantitative estimate of drug-likeness (QED) is 0.785. The second-order valence-electron chi connectivity index (χ2n) is 6.10. The molecule has 2 saturated heterocycles. The Hall–Kier alpha value is -1.13. The Morgan fingerprint density at radius 2 is 2.05 bits per heavy atom. The summed E-state index contributed by atoms with van der Waals surface area (Å²) >= 11 is 3.62. The smallest absolute Gasteiger partial charge is 0.0864 e. The second-order valence-corrected chi connectivity index (χ2v) is 6.95. The van der Waals surface area contributed by atoms with Gasteiger partial charge in [0.25, 0.3) is 0 Å². The molecule has 1 unspecified atom stereocenters. The molecule has 0 N–H and O–H groups in total. The molecule has 4 rings (SSSR count). The molecule has 1 aromatic heterocycles. The van der Waals surface area contributed by atoms with Gasteiger partial charge in [-0.2, -0.15) is 0 Å². The summed E-state index contributed by atoms with van der Waals surface area (Å²) in [7, 11) is 0. The predicted octanol–water partition coefficient (Wildman–Crippen LogP) is 3.67. The van der Waals surface area contributed by atoms with Crippen LogP contribution in [0.5, 0.6) is 0 Å². The average molecular weight is 346 g/mol. The highest BCUT2D eigenvalue weighted by atomic mass is 79.9. The number of hydrogen-bond donors (Lipinski definition) is 0. The molecule has 0 aliphatic carbocycles. The van der Waals surface area contributed by atoms with Gasteiger partial charge in [-0.15, -0.1) is 0 Å². The maximum absolute atomic E-state index is 4.53. The number of anilines is 1. The number of fused-ring (bicyclic) bond motifs is 2. The largest absolute Gasteiger partial charge is 0.368 e. The molecule has 21 heavy (non-hydrogen) atoms. The van der Waals surface area contributed by atoms with E-state index in [2.05, 4.69) is 55.0 Å². The SMILES string of the molecule is Brc1cccc2c(N3CCN4CCCCC4C3)ccnc12. The topological polar surface area (TPSA) is 19.4 Å². The fraction of sp³-hybridized carbons (Fsp3) is 0.471. The van der Waals surface area contributed by atoms with Crippen LogP contribution in [-0.2, 0) is 0 Å². The highest BCUT2D eigenvalue weighted by molar-refractivity contribution is 9.10. The lowest BCUT2D eigenvalue weighted by molar-refractivity contribution is 0.133. The van der Waals surface area contributed by atoms with Gasteiger partial charge in [-0.05, 0) is 47.4 Å². The van der Waals surface area contributed by atoms with Crippen LogP contribution < -0.4 is 4.90 Å². The van der Waals surface area contributed by atoms with Crippen LogP contribution in [0.3, 0.4) is 0 Å². The number of halogens is 1. The van der Waals surface area contributed by atoms with Crippen molar-refractivity contribution >= 4 is 32.5 Å². The van der Waals surface area contributed by atoms with Gasteiger partial charge >= 0.3 is 0 Å². The van der Waals surface area contributed by atoms with E-state index in [4.69, 9.17) is 0 Å². The van der Waals surface area contributed by atoms with Gasteiger partial charge in [-0.3, -0.25) is 9.88 Å². The van der Waals surface area contributed by atoms with Gasteiger partial charge in [0, 0.05) is 47.4 Å². The Morgan fingerprint density at radius 3 is 3.00 bits per heavy atom. The molecule has 2 aliphatic rings. The normalized spacial score (nSPS) is 23.3. The van der Waals surface area contributed by atoms with E-state index in [1.807, 2.05) is 6.20 Å². The Bertz CT molecular complexity index is 658. The highest BCUT2D eigenvalue weighted by Gasteiger charge is 2.29. The molecule has 0 spiro atoms. The van der Waals surface area contributed by atoms with Crippen LogP contribution in [0.25, 0.3) is 10.9 Å². The first kappa shape index (κ1) is 13.5. The molecule has 110 valence electrons. The number of para-hydroxylation sites is 1. The zero-order chi connectivity index (χ0) is 14.2. The van der Waals surface area contributed by atoms with Crippen molar-refractivity contribution < 1.29 is 0 Å². The summed E-state index contributed by atoms with van der Waals surface area (Å²) in [6.45, 7) is 4.78. The second kappa shape index (κ2) is 5.58. The van der Waals surface area contributed by atoms with Crippen molar-refractivity contribution in [3.8, 4) is 0 Å². The Morgan fingerprint density at radius 1 is 1.10 bits per heavy atom. The number of aromatic nitrogens is 1. The molecule has 1 aromatic carbocycles. The van der Waals surface area contributed by atoms with E-state index in [9.17, 15) is 0 Å². The zero-order valence-corrected chi connectivity index (χ0v) is 13.7. The monoisotopic (exact) mass is 345 g/mol. The minimum absolute atomic E-state index is 0.739. The summed E-state index contributed by atoms with van der Waals surface area (Å²) < 4.78 is 1.08. The first-order valence-electron chi connectivity index (χ1n) is 7.85. The van der Waals surface area contributed by atoms with Crippen molar-refractivity contribution in [1.29, 1.82) is 0 Å². The van der Waals surface area contributed by atoms with E-state index in [1.54, 1.807) is 0 Å². The summed E-state index contributed by atoms with van der Waals surface area (Å²) in [6.07, 6.45) is 6.05. The lowest BCUT2D eigenvalue weighted by atomic mass is 9.99. The van der Waals surface area contributed by atoms with Crippen molar-refractivity contribution in [3.63, 3.8) is 0 Å². The van der Waals surface area contributed by atoms with Gasteiger partial charge in [0.2, 0.25) is 0 Å². The first-order chi connectivity index (χ1) is 10.3. The van der Waals surface area contributed by atoms with Crippen molar-refractivity contribution in [3.05, 3.63) is 34.9 Å². The Labute approximate surface area is 134 Å². The number of pyridine rings is 1. The fourth-order valence-corrected chi connectivity index (χ4v) is 4.24. The first-order valence-corrected chi connectivity index (χ1v) is 8.64. The lowest BCUT2D eigenvalue weighted by Gasteiger charge is -2.45. The molecule has 0 radical (unpaired) electrons. The minimum Gasteiger partial charge on any atom is -0.368 e. The molecule has 3 nitrogen and oxygen atoms in total. The lowest BCUT2D eigenvalue weighted by Crippen LogP contribution is -2.54. The van der Waals surface area contributed by atoms with Crippen molar-refractivity contribution in [2.24, 2.45) is 0 Å². The molecule has 2 aliphatic heterocycles. The highest BCUT2D eigenvalue weighted by Crippen LogP contribution is 2.32. The molecule has 3 heterocycles. The number of rotatable bonds is 1. The zero-order valence-electron chi connectivity index (χ0n) is 12.1. The van der Waals surface area contributed by atoms with Gasteiger partial charge < -0.3 is 4.90 Å². The molecule has 0 bridgehead atoms. The van der Waals surface area contributed by atoms with E-state index in [0.29, 0.717) is 0 Å². The summed E-state index contributed by atoms with van der Waals surface area (Å²) in [4.78, 5) is 9.77. The van der Waals surface area contributed by atoms with E-state index < -0.39 is 0 Å². The Balaban J connectivity index is 1.69. The van der Waals surface area contributed by atoms with Gasteiger partial charge in [-0.25, -0.2) is 0 Å². The molecular formula is C17H20BrN3. The number of piperidine rings is 1. The van der Waals surface area contributed by atoms with Crippen molar-refractivity contribution in [1.82, 2.24) is 9.88 Å². The van der Waals surface area contributed by atoms with Crippen LogP contribution in [0.15, 0.2) is 34.9 Å². The number of hydrogen-bond acceptors (Lipinski definition) is 3. The number of piperazine rings is 1. The molecule has 1 atom stereocenters. The molecule has 2 fully saturated rings. The van der Waals surface area contributed by atoms with Gasteiger partial charge in [0.05, 0.1) is 5.52 Å². The van der Waals surface area contributed by atoms with E-state index in [-0.39, 0.29) is 0 Å². The molecule has 0 saturated carbocycles. The van der Waals surface area contributed by atoms with Crippen molar-refractivity contribution in [2.45, 2.75) is 25.3 Å². The average Bonchev–Trinajstić information content (AvgIpc) is 2.54. The van der Waals surface area contributed by atoms with Crippen LogP contribution in [0.1, 0.15) is 19.3 Å². The minimum atomic E-state index is 0.739. The maximum Gasteiger partial charge on any atom is 0.0864 e. The van der Waals surface area contributed by atoms with Crippen LogP contribution in [-0.4, -0.2) is 42.1 Å². The summed E-state index contributed by atoms with van der Waals surface area (Å²) in [5.74, 6) is 0.